The van der Waals surface area contributed by atoms with Crippen molar-refractivity contribution in [3.05, 3.63) is 47.0 Å². The first-order chi connectivity index (χ1) is 13.8. The van der Waals surface area contributed by atoms with E-state index in [1.807, 2.05) is 19.1 Å². The van der Waals surface area contributed by atoms with Crippen molar-refractivity contribution in [1.82, 2.24) is 5.32 Å². The van der Waals surface area contributed by atoms with Crippen LogP contribution in [0.4, 0.5) is 0 Å². The van der Waals surface area contributed by atoms with E-state index in [1.165, 1.54) is 0 Å². The zero-order chi connectivity index (χ0) is 21.6. The van der Waals surface area contributed by atoms with Gasteiger partial charge in [0.05, 0.1) is 21.3 Å². The molecule has 2 rings (SSSR count). The smallest absolute Gasteiger partial charge is 0.261 e. The number of methoxy groups -OCH3 is 3. The number of ether oxygens (including phenoxy) is 4. The van der Waals surface area contributed by atoms with Crippen molar-refractivity contribution in [2.75, 3.05) is 21.3 Å². The topological polar surface area (TPSA) is 66.0 Å². The minimum absolute atomic E-state index is 0.210. The molecule has 29 heavy (non-hydrogen) atoms. The molecule has 0 fully saturated rings. The van der Waals surface area contributed by atoms with Gasteiger partial charge in [0.25, 0.3) is 5.91 Å². The molecule has 0 heterocycles. The summed E-state index contributed by atoms with van der Waals surface area (Å²) in [5.74, 6) is 2.42. The molecule has 2 aromatic rings. The van der Waals surface area contributed by atoms with Crippen LogP contribution in [0.1, 0.15) is 43.4 Å². The van der Waals surface area contributed by atoms with Gasteiger partial charge in [-0.2, -0.15) is 0 Å². The fourth-order valence-corrected chi connectivity index (χ4v) is 3.09. The summed E-state index contributed by atoms with van der Waals surface area (Å²) in [7, 11) is 4.67. The van der Waals surface area contributed by atoms with E-state index in [1.54, 1.807) is 34.3 Å². The summed E-state index contributed by atoms with van der Waals surface area (Å²) < 4.78 is 22.1. The summed E-state index contributed by atoms with van der Waals surface area (Å²) in [5, 5.41) is 2.91. The molecule has 6 nitrogen and oxygen atoms in total. The average Bonchev–Trinajstić information content (AvgIpc) is 2.70. The molecule has 1 atom stereocenters. The van der Waals surface area contributed by atoms with Gasteiger partial charge in [-0.1, -0.05) is 26.0 Å². The Morgan fingerprint density at radius 2 is 1.62 bits per heavy atom. The molecule has 6 heteroatoms. The van der Waals surface area contributed by atoms with Crippen LogP contribution in [0.25, 0.3) is 0 Å². The molecule has 0 aliphatic carbocycles. The summed E-state index contributed by atoms with van der Waals surface area (Å²) in [6, 6.07) is 9.69. The molecule has 2 aromatic carbocycles. The number of benzene rings is 2. The van der Waals surface area contributed by atoms with Crippen LogP contribution in [-0.2, 0) is 11.3 Å². The number of carbonyl (C=O) groups excluding carboxylic acids is 1. The maximum absolute atomic E-state index is 12.6. The Bertz CT molecular complexity index is 847. The highest BCUT2D eigenvalue weighted by atomic mass is 16.5. The number of aryl methyl sites for hydroxylation is 1. The molecule has 158 valence electrons. The van der Waals surface area contributed by atoms with Gasteiger partial charge in [0, 0.05) is 12.1 Å². The maximum atomic E-state index is 12.6. The predicted octanol–water partition coefficient (Wildman–Crippen LogP) is 4.23. The van der Waals surface area contributed by atoms with Crippen molar-refractivity contribution in [3.63, 3.8) is 0 Å². The number of nitrogens with one attached hydrogen (secondary N) is 1. The SMILES string of the molecule is COc1ccc(CNC(=O)[C@@H](C)Oc2cc(C)ccc2C(C)C)c(OC)c1OC. The van der Waals surface area contributed by atoms with Crippen LogP contribution in [0.15, 0.2) is 30.3 Å². The minimum atomic E-state index is -0.638. The van der Waals surface area contributed by atoms with Crippen LogP contribution < -0.4 is 24.3 Å². The quantitative estimate of drug-likeness (QED) is 0.681. The normalized spacial score (nSPS) is 11.7. The molecule has 1 amide bonds. The van der Waals surface area contributed by atoms with Gasteiger partial charge in [-0.3, -0.25) is 4.79 Å². The molecule has 0 spiro atoms. The summed E-state index contributed by atoms with van der Waals surface area (Å²) in [6.45, 7) is 8.23. The highest BCUT2D eigenvalue weighted by Gasteiger charge is 2.20. The van der Waals surface area contributed by atoms with Crippen molar-refractivity contribution < 1.29 is 23.7 Å². The van der Waals surface area contributed by atoms with E-state index < -0.39 is 6.10 Å². The molecule has 0 unspecified atom stereocenters. The van der Waals surface area contributed by atoms with Gasteiger partial charge in [0.15, 0.2) is 17.6 Å². The second-order valence-electron chi connectivity index (χ2n) is 7.17. The van der Waals surface area contributed by atoms with Gasteiger partial charge in [0.1, 0.15) is 5.75 Å². The Labute approximate surface area is 173 Å². The van der Waals surface area contributed by atoms with Crippen molar-refractivity contribution in [1.29, 1.82) is 0 Å². The van der Waals surface area contributed by atoms with Gasteiger partial charge in [0.2, 0.25) is 5.75 Å². The lowest BCUT2D eigenvalue weighted by atomic mass is 10.0. The number of hydrogen-bond donors (Lipinski definition) is 1. The van der Waals surface area contributed by atoms with E-state index in [0.717, 1.165) is 22.4 Å². The molecular weight excluding hydrogens is 370 g/mol. The maximum Gasteiger partial charge on any atom is 0.261 e. The monoisotopic (exact) mass is 401 g/mol. The number of carbonyl (C=O) groups is 1. The van der Waals surface area contributed by atoms with Gasteiger partial charge in [-0.05, 0) is 49.1 Å². The molecule has 0 aromatic heterocycles. The predicted molar refractivity (Wildman–Crippen MR) is 113 cm³/mol. The van der Waals surface area contributed by atoms with Crippen molar-refractivity contribution in [3.8, 4) is 23.0 Å². The third-order valence-corrected chi connectivity index (χ3v) is 4.70. The van der Waals surface area contributed by atoms with Crippen LogP contribution in [0.3, 0.4) is 0 Å². The summed E-state index contributed by atoms with van der Waals surface area (Å²) in [4.78, 5) is 12.6. The Kier molecular flexibility index (Phi) is 7.76. The second-order valence-corrected chi connectivity index (χ2v) is 7.17. The largest absolute Gasteiger partial charge is 0.493 e. The molecule has 0 saturated heterocycles. The standard InChI is InChI=1S/C23H31NO5/c1-14(2)18-10-8-15(3)12-20(18)29-16(4)23(25)24-13-17-9-11-19(26-5)22(28-7)21(17)27-6/h8-12,14,16H,13H2,1-7H3,(H,24,25)/t16-/m1/s1. The van der Waals surface area contributed by atoms with E-state index in [0.29, 0.717) is 23.2 Å². The number of rotatable bonds is 9. The Morgan fingerprint density at radius 3 is 2.21 bits per heavy atom. The van der Waals surface area contributed by atoms with Crippen LogP contribution >= 0.6 is 0 Å². The molecule has 0 bridgehead atoms. The fourth-order valence-electron chi connectivity index (χ4n) is 3.09. The van der Waals surface area contributed by atoms with E-state index in [2.05, 4.69) is 31.3 Å². The van der Waals surface area contributed by atoms with Crippen molar-refractivity contribution >= 4 is 5.91 Å². The molecule has 0 aliphatic heterocycles. The third kappa shape index (κ3) is 5.34. The Hall–Kier alpha value is -2.89. The molecule has 0 aliphatic rings. The van der Waals surface area contributed by atoms with Crippen LogP contribution in [0, 0.1) is 6.92 Å². The first kappa shape index (κ1) is 22.4. The number of hydrogen-bond acceptors (Lipinski definition) is 5. The van der Waals surface area contributed by atoms with Gasteiger partial charge in [-0.25, -0.2) is 0 Å². The van der Waals surface area contributed by atoms with E-state index in [9.17, 15) is 4.79 Å². The van der Waals surface area contributed by atoms with E-state index in [4.69, 9.17) is 18.9 Å². The zero-order valence-corrected chi connectivity index (χ0v) is 18.3. The lowest BCUT2D eigenvalue weighted by molar-refractivity contribution is -0.127. The minimum Gasteiger partial charge on any atom is -0.493 e. The summed E-state index contributed by atoms with van der Waals surface area (Å²) in [5.41, 5.74) is 2.95. The first-order valence-corrected chi connectivity index (χ1v) is 9.65. The molecular formula is C23H31NO5. The lowest BCUT2D eigenvalue weighted by Crippen LogP contribution is -2.36. The van der Waals surface area contributed by atoms with Gasteiger partial charge >= 0.3 is 0 Å². The highest BCUT2D eigenvalue weighted by Crippen LogP contribution is 2.39. The first-order valence-electron chi connectivity index (χ1n) is 9.65. The Balaban J connectivity index is 2.11. The van der Waals surface area contributed by atoms with Crippen LogP contribution in [0.2, 0.25) is 0 Å². The molecule has 0 saturated carbocycles. The van der Waals surface area contributed by atoms with Crippen molar-refractivity contribution in [2.24, 2.45) is 0 Å². The van der Waals surface area contributed by atoms with E-state index >= 15 is 0 Å². The Morgan fingerprint density at radius 1 is 0.931 bits per heavy atom. The van der Waals surface area contributed by atoms with E-state index in [-0.39, 0.29) is 12.5 Å². The lowest BCUT2D eigenvalue weighted by Gasteiger charge is -2.20. The average molecular weight is 402 g/mol. The second kappa shape index (κ2) is 10.0. The highest BCUT2D eigenvalue weighted by molar-refractivity contribution is 5.80. The van der Waals surface area contributed by atoms with Gasteiger partial charge in [-0.15, -0.1) is 0 Å². The molecule has 1 N–H and O–H groups in total. The summed E-state index contributed by atoms with van der Waals surface area (Å²) >= 11 is 0. The van der Waals surface area contributed by atoms with Crippen LogP contribution in [-0.4, -0.2) is 33.3 Å². The van der Waals surface area contributed by atoms with Crippen molar-refractivity contribution in [2.45, 2.75) is 46.3 Å². The van der Waals surface area contributed by atoms with Crippen LogP contribution in [0.5, 0.6) is 23.0 Å². The zero-order valence-electron chi connectivity index (χ0n) is 18.3. The number of amides is 1. The fraction of sp³-hybridized carbons (Fsp3) is 0.435. The molecule has 0 radical (unpaired) electrons. The summed E-state index contributed by atoms with van der Waals surface area (Å²) in [6.07, 6.45) is -0.638. The van der Waals surface area contributed by atoms with Gasteiger partial charge < -0.3 is 24.3 Å². The third-order valence-electron chi connectivity index (χ3n) is 4.70.